The highest BCUT2D eigenvalue weighted by atomic mass is 35.5. The van der Waals surface area contributed by atoms with Crippen LogP contribution in [-0.4, -0.2) is 45.6 Å². The van der Waals surface area contributed by atoms with E-state index in [1.165, 1.54) is 10.4 Å². The molecule has 0 aliphatic carbocycles. The Kier molecular flexibility index (Phi) is 5.62. The second-order valence-electron chi connectivity index (χ2n) is 4.52. The van der Waals surface area contributed by atoms with Gasteiger partial charge >= 0.3 is 0 Å². The van der Waals surface area contributed by atoms with E-state index in [9.17, 15) is 8.42 Å². The summed E-state index contributed by atoms with van der Waals surface area (Å²) in [6.45, 7) is 2.00. The first-order chi connectivity index (χ1) is 10.1. The molecule has 21 heavy (non-hydrogen) atoms. The molecule has 0 aromatic heterocycles. The van der Waals surface area contributed by atoms with Gasteiger partial charge < -0.3 is 10.5 Å². The zero-order valence-electron chi connectivity index (χ0n) is 11.5. The van der Waals surface area contributed by atoms with Gasteiger partial charge in [0.05, 0.1) is 18.2 Å². The highest BCUT2D eigenvalue weighted by molar-refractivity contribution is 7.89. The van der Waals surface area contributed by atoms with Gasteiger partial charge in [0.1, 0.15) is 4.90 Å². The van der Waals surface area contributed by atoms with Crippen molar-refractivity contribution in [3.8, 4) is 11.8 Å². The summed E-state index contributed by atoms with van der Waals surface area (Å²) in [5.74, 6) is 5.53. The smallest absolute Gasteiger partial charge is 0.244 e. The summed E-state index contributed by atoms with van der Waals surface area (Å²) < 4.78 is 31.9. The third kappa shape index (κ3) is 3.96. The molecule has 5 nitrogen and oxygen atoms in total. The Bertz CT molecular complexity index is 657. The largest absolute Gasteiger partial charge is 0.380 e. The van der Waals surface area contributed by atoms with Crippen LogP contribution in [0.25, 0.3) is 0 Å². The molecule has 0 atom stereocenters. The summed E-state index contributed by atoms with van der Waals surface area (Å²) in [7, 11) is -3.60. The molecule has 114 valence electrons. The molecule has 1 aromatic carbocycles. The normalized spacial score (nSPS) is 16.9. The number of halogens is 1. The van der Waals surface area contributed by atoms with Crippen molar-refractivity contribution in [2.75, 3.05) is 32.8 Å². The van der Waals surface area contributed by atoms with Gasteiger partial charge in [0.2, 0.25) is 10.0 Å². The first kappa shape index (κ1) is 16.3. The Labute approximate surface area is 130 Å². The van der Waals surface area contributed by atoms with Crippen LogP contribution in [-0.2, 0) is 14.8 Å². The molecule has 1 aliphatic rings. The third-order valence-electron chi connectivity index (χ3n) is 3.07. The van der Waals surface area contributed by atoms with Crippen molar-refractivity contribution in [3.63, 3.8) is 0 Å². The molecule has 7 heteroatoms. The zero-order valence-corrected chi connectivity index (χ0v) is 13.1. The van der Waals surface area contributed by atoms with Gasteiger partial charge in [0, 0.05) is 25.3 Å². The topological polar surface area (TPSA) is 72.6 Å². The number of benzene rings is 1. The van der Waals surface area contributed by atoms with E-state index < -0.39 is 10.0 Å². The van der Waals surface area contributed by atoms with Crippen LogP contribution in [0, 0.1) is 11.8 Å². The molecule has 0 unspecified atom stereocenters. The van der Waals surface area contributed by atoms with E-state index in [2.05, 4.69) is 11.8 Å². The molecular formula is C14H17ClN2O3S. The fourth-order valence-corrected chi connectivity index (χ4v) is 4.02. The molecule has 1 saturated heterocycles. The van der Waals surface area contributed by atoms with E-state index >= 15 is 0 Å². The van der Waals surface area contributed by atoms with Crippen LogP contribution in [0.2, 0.25) is 5.02 Å². The van der Waals surface area contributed by atoms with Crippen molar-refractivity contribution in [2.24, 2.45) is 5.73 Å². The second kappa shape index (κ2) is 7.25. The molecule has 1 aromatic rings. The lowest BCUT2D eigenvalue weighted by atomic mass is 10.2. The molecule has 1 heterocycles. The summed E-state index contributed by atoms with van der Waals surface area (Å²) in [4.78, 5) is 0.101. The molecule has 2 rings (SSSR count). The van der Waals surface area contributed by atoms with Crippen LogP contribution in [0.5, 0.6) is 0 Å². The minimum absolute atomic E-state index is 0.101. The number of nitrogens with two attached hydrogens (primary N) is 1. The Morgan fingerprint density at radius 2 is 2.14 bits per heavy atom. The number of nitrogens with zero attached hydrogens (tertiary/aromatic N) is 1. The molecule has 0 saturated carbocycles. The SMILES string of the molecule is NCC#Cc1ccc(S(=O)(=O)N2CCCOCC2)c(Cl)c1. The van der Waals surface area contributed by atoms with Gasteiger partial charge in [-0.3, -0.25) is 0 Å². The van der Waals surface area contributed by atoms with Gasteiger partial charge in [-0.1, -0.05) is 23.4 Å². The van der Waals surface area contributed by atoms with Gasteiger partial charge in [0.25, 0.3) is 0 Å². The summed E-state index contributed by atoms with van der Waals surface area (Å²) in [6.07, 6.45) is 0.677. The van der Waals surface area contributed by atoms with E-state index in [0.717, 1.165) is 0 Å². The molecule has 1 aliphatic heterocycles. The van der Waals surface area contributed by atoms with Crippen LogP contribution in [0.4, 0.5) is 0 Å². The third-order valence-corrected chi connectivity index (χ3v) is 5.45. The van der Waals surface area contributed by atoms with Crippen molar-refractivity contribution in [1.82, 2.24) is 4.31 Å². The standard InChI is InChI=1S/C14H17ClN2O3S/c15-13-11-12(3-1-6-16)4-5-14(13)21(18,19)17-7-2-9-20-10-8-17/h4-5,11H,2,6-10,16H2. The Morgan fingerprint density at radius 3 is 2.86 bits per heavy atom. The molecular weight excluding hydrogens is 312 g/mol. The maximum atomic E-state index is 12.6. The van der Waals surface area contributed by atoms with Crippen molar-refractivity contribution >= 4 is 21.6 Å². The van der Waals surface area contributed by atoms with Gasteiger partial charge in [-0.05, 0) is 24.6 Å². The van der Waals surface area contributed by atoms with E-state index in [4.69, 9.17) is 22.1 Å². The minimum Gasteiger partial charge on any atom is -0.380 e. The minimum atomic E-state index is -3.60. The second-order valence-corrected chi connectivity index (χ2v) is 6.83. The van der Waals surface area contributed by atoms with Crippen LogP contribution < -0.4 is 5.73 Å². The molecule has 0 spiro atoms. The van der Waals surface area contributed by atoms with Gasteiger partial charge in [0.15, 0.2) is 0 Å². The van der Waals surface area contributed by atoms with Crippen molar-refractivity contribution in [2.45, 2.75) is 11.3 Å². The predicted molar refractivity (Wildman–Crippen MR) is 81.6 cm³/mol. The van der Waals surface area contributed by atoms with Crippen LogP contribution in [0.15, 0.2) is 23.1 Å². The highest BCUT2D eigenvalue weighted by Gasteiger charge is 2.27. The van der Waals surface area contributed by atoms with E-state index in [1.54, 1.807) is 12.1 Å². The summed E-state index contributed by atoms with van der Waals surface area (Å²) in [5.41, 5.74) is 5.95. The molecule has 0 radical (unpaired) electrons. The van der Waals surface area contributed by atoms with Crippen molar-refractivity contribution < 1.29 is 13.2 Å². The number of hydrogen-bond acceptors (Lipinski definition) is 4. The van der Waals surface area contributed by atoms with Crippen LogP contribution >= 0.6 is 11.6 Å². The maximum absolute atomic E-state index is 12.6. The first-order valence-electron chi connectivity index (χ1n) is 6.62. The summed E-state index contributed by atoms with van der Waals surface area (Å²) in [5, 5.41) is 0.170. The lowest BCUT2D eigenvalue weighted by Gasteiger charge is -2.20. The molecule has 0 bridgehead atoms. The van der Waals surface area contributed by atoms with Crippen LogP contribution in [0.1, 0.15) is 12.0 Å². The van der Waals surface area contributed by atoms with Gasteiger partial charge in [-0.2, -0.15) is 4.31 Å². The summed E-state index contributed by atoms with van der Waals surface area (Å²) in [6, 6.07) is 4.67. The fraction of sp³-hybridized carbons (Fsp3) is 0.429. The van der Waals surface area contributed by atoms with Crippen molar-refractivity contribution in [3.05, 3.63) is 28.8 Å². The Balaban J connectivity index is 2.31. The van der Waals surface area contributed by atoms with Gasteiger partial charge in [-0.15, -0.1) is 0 Å². The first-order valence-corrected chi connectivity index (χ1v) is 8.44. The molecule has 1 fully saturated rings. The maximum Gasteiger partial charge on any atom is 0.244 e. The predicted octanol–water partition coefficient (Wildman–Crippen LogP) is 1.06. The summed E-state index contributed by atoms with van der Waals surface area (Å²) >= 11 is 6.12. The number of rotatable bonds is 2. The number of ether oxygens (including phenoxy) is 1. The van der Waals surface area contributed by atoms with Gasteiger partial charge in [-0.25, -0.2) is 8.42 Å². The average molecular weight is 329 g/mol. The number of sulfonamides is 1. The number of hydrogen-bond donors (Lipinski definition) is 1. The average Bonchev–Trinajstić information content (AvgIpc) is 2.74. The lowest BCUT2D eigenvalue weighted by Crippen LogP contribution is -2.33. The molecule has 0 amide bonds. The van der Waals surface area contributed by atoms with Crippen LogP contribution in [0.3, 0.4) is 0 Å². The Hall–Kier alpha value is -1.10. The van der Waals surface area contributed by atoms with E-state index in [0.29, 0.717) is 38.3 Å². The van der Waals surface area contributed by atoms with Crippen molar-refractivity contribution in [1.29, 1.82) is 0 Å². The van der Waals surface area contributed by atoms with E-state index in [-0.39, 0.29) is 16.5 Å². The lowest BCUT2D eigenvalue weighted by molar-refractivity contribution is 0.148. The quantitative estimate of drug-likeness (QED) is 0.824. The monoisotopic (exact) mass is 328 g/mol. The highest BCUT2D eigenvalue weighted by Crippen LogP contribution is 2.26. The Morgan fingerprint density at radius 1 is 1.33 bits per heavy atom. The molecule has 2 N–H and O–H groups in total. The van der Waals surface area contributed by atoms with E-state index in [1.807, 2.05) is 0 Å². The zero-order chi connectivity index (χ0) is 15.3. The fourth-order valence-electron chi connectivity index (χ4n) is 2.04.